The molecule has 0 amide bonds. The van der Waals surface area contributed by atoms with Crippen LogP contribution in [0.1, 0.15) is 0 Å². The molecule has 52 heavy (non-hydrogen) atoms. The Morgan fingerprint density at radius 2 is 0.769 bits per heavy atom. The Balaban J connectivity index is 1.22. The molecule has 0 heterocycles. The Hall–Kier alpha value is -6.16. The zero-order chi connectivity index (χ0) is 34.7. The summed E-state index contributed by atoms with van der Waals surface area (Å²) in [7, 11) is 0. The first-order valence-electron chi connectivity index (χ1n) is 17.9. The fraction of sp³-hybridized carbons (Fsp3) is 0. The number of rotatable bonds is 8. The molecule has 0 atom stereocenters. The van der Waals surface area contributed by atoms with E-state index in [2.05, 4.69) is 229 Å². The first-order valence-corrected chi connectivity index (χ1v) is 22.1. The summed E-state index contributed by atoms with van der Waals surface area (Å²) in [5.74, 6) is 0. The van der Waals surface area contributed by atoms with Crippen molar-refractivity contribution in [2.75, 3.05) is 4.90 Å². The van der Waals surface area contributed by atoms with Gasteiger partial charge in [-0.05, 0) is 0 Å². The van der Waals surface area contributed by atoms with Gasteiger partial charge in [0.1, 0.15) is 0 Å². The first-order chi connectivity index (χ1) is 25.8. The Morgan fingerprint density at radius 1 is 0.308 bits per heavy atom. The average Bonchev–Trinajstić information content (AvgIpc) is 3.23. The number of benzene rings is 9. The molecule has 9 rings (SSSR count). The van der Waals surface area contributed by atoms with Crippen molar-refractivity contribution in [3.63, 3.8) is 0 Å². The van der Waals surface area contributed by atoms with Crippen LogP contribution in [0.5, 0.6) is 0 Å². The van der Waals surface area contributed by atoms with E-state index in [-0.39, 0.29) is 0 Å². The SMILES string of the molecule is c1ccc(N(c2ccc(-c3cc[c]([Ge]([c]4ccccc4)([c]4ccccc4)[c]4ccccc4)c4ccccc34)cc2)c2cccc3ccccc23)cc1. The van der Waals surface area contributed by atoms with E-state index in [0.717, 1.165) is 17.1 Å². The molecule has 9 aromatic carbocycles. The van der Waals surface area contributed by atoms with Gasteiger partial charge >= 0.3 is 280 Å². The number of hydrogen-bond donors (Lipinski definition) is 0. The van der Waals surface area contributed by atoms with E-state index in [0.29, 0.717) is 0 Å². The molecule has 0 N–H and O–H groups in total. The summed E-state index contributed by atoms with van der Waals surface area (Å²) < 4.78 is 5.73. The fourth-order valence-electron chi connectivity index (χ4n) is 8.11. The van der Waals surface area contributed by atoms with Gasteiger partial charge in [0.15, 0.2) is 0 Å². The van der Waals surface area contributed by atoms with E-state index < -0.39 is 13.3 Å². The van der Waals surface area contributed by atoms with E-state index in [1.165, 1.54) is 50.3 Å². The zero-order valence-electron chi connectivity index (χ0n) is 28.8. The molecule has 0 unspecified atom stereocenters. The normalized spacial score (nSPS) is 11.5. The van der Waals surface area contributed by atoms with Crippen LogP contribution in [0.4, 0.5) is 17.1 Å². The topological polar surface area (TPSA) is 3.24 Å². The molecule has 1 nitrogen and oxygen atoms in total. The van der Waals surface area contributed by atoms with E-state index in [1.54, 1.807) is 0 Å². The van der Waals surface area contributed by atoms with Crippen molar-refractivity contribution in [3.05, 3.63) is 224 Å². The summed E-state index contributed by atoms with van der Waals surface area (Å²) in [6, 6.07) is 82.6. The maximum absolute atomic E-state index is 3.48. The second kappa shape index (κ2) is 13.9. The summed E-state index contributed by atoms with van der Waals surface area (Å²) in [6.45, 7) is 0. The molecule has 0 spiro atoms. The van der Waals surface area contributed by atoms with Gasteiger partial charge in [0.2, 0.25) is 0 Å². The molecule has 2 heteroatoms. The average molecular weight is 724 g/mol. The molecule has 0 bridgehead atoms. The van der Waals surface area contributed by atoms with Gasteiger partial charge in [-0.15, -0.1) is 0 Å². The molecule has 0 radical (unpaired) electrons. The number of hydrogen-bond acceptors (Lipinski definition) is 1. The Bertz CT molecular complexity index is 2500. The number of fused-ring (bicyclic) bond motifs is 2. The van der Waals surface area contributed by atoms with Gasteiger partial charge in [-0.1, -0.05) is 30.3 Å². The van der Waals surface area contributed by atoms with Crippen molar-refractivity contribution >= 4 is 69.5 Å². The first kappa shape index (κ1) is 31.8. The van der Waals surface area contributed by atoms with E-state index in [9.17, 15) is 0 Å². The van der Waals surface area contributed by atoms with Crippen LogP contribution in [0, 0.1) is 0 Å². The molecule has 0 saturated heterocycles. The van der Waals surface area contributed by atoms with Crippen LogP contribution in [0.25, 0.3) is 32.7 Å². The van der Waals surface area contributed by atoms with Crippen LogP contribution < -0.4 is 22.5 Å². The van der Waals surface area contributed by atoms with Crippen LogP contribution in [0.2, 0.25) is 0 Å². The van der Waals surface area contributed by atoms with Crippen LogP contribution in [0.3, 0.4) is 0 Å². The van der Waals surface area contributed by atoms with Crippen molar-refractivity contribution in [3.8, 4) is 11.1 Å². The Labute approximate surface area is 308 Å². The Morgan fingerprint density at radius 3 is 1.37 bits per heavy atom. The standard InChI is InChI=1S/C50H37GeN/c1-5-20-40(21-6-1)51(41-22-7-2-8-23-41,42-24-9-3-10-25-42)49-37-36-45(47-29-15-16-30-48(47)49)39-32-34-44(35-33-39)52(43-26-11-4-12-27-43)50-31-17-19-38-18-13-14-28-46(38)50/h1-37H. The van der Waals surface area contributed by atoms with Crippen molar-refractivity contribution in [1.82, 2.24) is 0 Å². The van der Waals surface area contributed by atoms with Crippen molar-refractivity contribution in [2.24, 2.45) is 0 Å². The number of nitrogens with zero attached hydrogens (tertiary/aromatic N) is 1. The predicted molar refractivity (Wildman–Crippen MR) is 225 cm³/mol. The quantitative estimate of drug-likeness (QED) is 0.141. The monoisotopic (exact) mass is 725 g/mol. The zero-order valence-corrected chi connectivity index (χ0v) is 30.9. The van der Waals surface area contributed by atoms with Gasteiger partial charge in [0.25, 0.3) is 0 Å². The summed E-state index contributed by atoms with van der Waals surface area (Å²) in [4.78, 5) is 2.37. The number of anilines is 3. The Kier molecular flexibility index (Phi) is 8.48. The molecular weight excluding hydrogens is 687 g/mol. The molecule has 0 saturated carbocycles. The minimum atomic E-state index is -3.48. The number of para-hydroxylation sites is 1. The molecule has 9 aromatic rings. The van der Waals surface area contributed by atoms with Crippen molar-refractivity contribution in [1.29, 1.82) is 0 Å². The summed E-state index contributed by atoms with van der Waals surface area (Å²) in [5.41, 5.74) is 5.87. The molecule has 246 valence electrons. The van der Waals surface area contributed by atoms with Crippen molar-refractivity contribution < 1.29 is 0 Å². The predicted octanol–water partition coefficient (Wildman–Crippen LogP) is 10.5. The van der Waals surface area contributed by atoms with Gasteiger partial charge in [0.05, 0.1) is 0 Å². The van der Waals surface area contributed by atoms with Gasteiger partial charge in [0, 0.05) is 0 Å². The third-order valence-corrected chi connectivity index (χ3v) is 20.6. The summed E-state index contributed by atoms with van der Waals surface area (Å²) in [5, 5.41) is 5.05. The third-order valence-electron chi connectivity index (χ3n) is 10.4. The van der Waals surface area contributed by atoms with Gasteiger partial charge in [-0.2, -0.15) is 0 Å². The summed E-state index contributed by atoms with van der Waals surface area (Å²) in [6.07, 6.45) is 0. The fourth-order valence-corrected chi connectivity index (χ4v) is 18.5. The van der Waals surface area contributed by atoms with Gasteiger partial charge in [-0.25, -0.2) is 0 Å². The molecule has 0 aliphatic rings. The second-order valence-corrected chi connectivity index (χ2v) is 21.2. The van der Waals surface area contributed by atoms with Gasteiger partial charge < -0.3 is 0 Å². The van der Waals surface area contributed by atoms with Crippen LogP contribution in [0.15, 0.2) is 224 Å². The van der Waals surface area contributed by atoms with Crippen molar-refractivity contribution in [2.45, 2.75) is 0 Å². The minimum absolute atomic E-state index is 1.12. The van der Waals surface area contributed by atoms with E-state index >= 15 is 0 Å². The molecule has 0 aliphatic carbocycles. The molecule has 0 fully saturated rings. The van der Waals surface area contributed by atoms with Crippen LogP contribution >= 0.6 is 0 Å². The van der Waals surface area contributed by atoms with E-state index in [1.807, 2.05) is 0 Å². The van der Waals surface area contributed by atoms with E-state index in [4.69, 9.17) is 0 Å². The second-order valence-electron chi connectivity index (χ2n) is 13.3. The summed E-state index contributed by atoms with van der Waals surface area (Å²) >= 11 is -3.48. The van der Waals surface area contributed by atoms with Crippen LogP contribution in [-0.2, 0) is 0 Å². The third kappa shape index (κ3) is 5.51. The molecule has 0 aromatic heterocycles. The maximum atomic E-state index is 2.45. The van der Waals surface area contributed by atoms with Crippen LogP contribution in [-0.4, -0.2) is 13.3 Å². The molecule has 0 aliphatic heterocycles. The van der Waals surface area contributed by atoms with Gasteiger partial charge in [-0.3, -0.25) is 0 Å². The molecular formula is C50H37GeN.